The molecule has 34 heavy (non-hydrogen) atoms. The SMILES string of the molecule is O=C([O-])c1ccc2oc(NC(=O)c3cc(Oc4cccc(OC(F)(F)F)c4)ccn3)nc2c1.[Na+]. The third-order valence-corrected chi connectivity index (χ3v) is 4.08. The van der Waals surface area contributed by atoms with E-state index < -0.39 is 24.0 Å². The van der Waals surface area contributed by atoms with Crippen LogP contribution in [0.25, 0.3) is 11.1 Å². The number of rotatable bonds is 6. The Morgan fingerprint density at radius 1 is 1.00 bits per heavy atom. The Morgan fingerprint density at radius 2 is 1.74 bits per heavy atom. The molecule has 2 heterocycles. The number of carboxylic acid groups (broad SMARTS) is 1. The van der Waals surface area contributed by atoms with E-state index in [1.54, 1.807) is 0 Å². The van der Waals surface area contributed by atoms with E-state index in [4.69, 9.17) is 9.15 Å². The number of nitrogens with one attached hydrogen (secondary N) is 1. The number of carboxylic acids is 1. The van der Waals surface area contributed by atoms with Gasteiger partial charge in [-0.05, 0) is 42.0 Å². The number of amides is 1. The standard InChI is InChI=1S/C21H12F3N3O6.Na/c22-21(23,24)33-14-3-1-2-12(9-14)31-13-6-7-25-16(10-13)18(28)27-20-26-15-8-11(19(29)30)4-5-17(15)32-20;/h1-10H,(H,29,30)(H,26,27,28);/q;+1/p-1. The molecule has 168 valence electrons. The first-order valence-corrected chi connectivity index (χ1v) is 9.09. The van der Waals surface area contributed by atoms with Crippen molar-refractivity contribution >= 4 is 29.0 Å². The van der Waals surface area contributed by atoms with E-state index >= 15 is 0 Å². The number of pyridine rings is 1. The summed E-state index contributed by atoms with van der Waals surface area (Å²) in [4.78, 5) is 31.4. The molecule has 1 N–H and O–H groups in total. The van der Waals surface area contributed by atoms with Gasteiger partial charge in [-0.2, -0.15) is 4.98 Å². The second-order valence-electron chi connectivity index (χ2n) is 6.44. The maximum atomic E-state index is 12.5. The summed E-state index contributed by atoms with van der Waals surface area (Å²) in [6.07, 6.45) is -3.59. The minimum atomic E-state index is -4.85. The van der Waals surface area contributed by atoms with Crippen molar-refractivity contribution in [1.29, 1.82) is 0 Å². The Labute approximate surface area is 210 Å². The fourth-order valence-electron chi connectivity index (χ4n) is 2.74. The molecule has 13 heteroatoms. The molecule has 0 radical (unpaired) electrons. The number of hydrogen-bond donors (Lipinski definition) is 1. The summed E-state index contributed by atoms with van der Waals surface area (Å²) in [7, 11) is 0. The normalized spacial score (nSPS) is 10.9. The van der Waals surface area contributed by atoms with E-state index in [9.17, 15) is 27.9 Å². The van der Waals surface area contributed by atoms with Gasteiger partial charge in [0.15, 0.2) is 5.58 Å². The van der Waals surface area contributed by atoms with Gasteiger partial charge < -0.3 is 23.8 Å². The number of halogens is 3. The third kappa shape index (κ3) is 6.25. The van der Waals surface area contributed by atoms with Crippen molar-refractivity contribution in [2.75, 3.05) is 5.32 Å². The molecule has 0 atom stereocenters. The second-order valence-corrected chi connectivity index (χ2v) is 6.44. The number of aromatic nitrogens is 2. The zero-order valence-corrected chi connectivity index (χ0v) is 19.3. The summed E-state index contributed by atoms with van der Waals surface area (Å²) in [6, 6.07) is 11.2. The van der Waals surface area contributed by atoms with Crippen LogP contribution in [-0.2, 0) is 0 Å². The van der Waals surface area contributed by atoms with Gasteiger partial charge in [-0.1, -0.05) is 6.07 Å². The first kappa shape index (κ1) is 25.0. The third-order valence-electron chi connectivity index (χ3n) is 4.08. The van der Waals surface area contributed by atoms with Crippen LogP contribution < -0.4 is 49.5 Å². The van der Waals surface area contributed by atoms with Crippen LogP contribution in [0.5, 0.6) is 17.2 Å². The van der Waals surface area contributed by atoms with Gasteiger partial charge in [0.2, 0.25) is 0 Å². The van der Waals surface area contributed by atoms with Crippen molar-refractivity contribution in [2.24, 2.45) is 0 Å². The number of hydrogen-bond acceptors (Lipinski definition) is 8. The molecule has 0 aliphatic rings. The zero-order chi connectivity index (χ0) is 23.6. The molecular weight excluding hydrogens is 470 g/mol. The summed E-state index contributed by atoms with van der Waals surface area (Å²) in [5.41, 5.74) is 0.220. The van der Waals surface area contributed by atoms with Crippen molar-refractivity contribution in [2.45, 2.75) is 6.36 Å². The number of carbonyl (C=O) groups is 2. The van der Waals surface area contributed by atoms with Gasteiger partial charge in [-0.3, -0.25) is 15.1 Å². The van der Waals surface area contributed by atoms with Crippen LogP contribution in [0.1, 0.15) is 20.8 Å². The van der Waals surface area contributed by atoms with Crippen LogP contribution in [0.15, 0.2) is 65.2 Å². The van der Waals surface area contributed by atoms with Gasteiger partial charge in [0.1, 0.15) is 28.5 Å². The van der Waals surface area contributed by atoms with Crippen molar-refractivity contribution in [3.8, 4) is 17.2 Å². The Bertz CT molecular complexity index is 1360. The number of oxazole rings is 1. The molecule has 0 unspecified atom stereocenters. The van der Waals surface area contributed by atoms with Gasteiger partial charge in [0, 0.05) is 18.3 Å². The summed E-state index contributed by atoms with van der Waals surface area (Å²) in [6.45, 7) is 0. The number of anilines is 1. The molecule has 9 nitrogen and oxygen atoms in total. The molecule has 0 aliphatic carbocycles. The average molecular weight is 481 g/mol. The van der Waals surface area contributed by atoms with E-state index in [1.165, 1.54) is 48.7 Å². The number of fused-ring (bicyclic) bond motifs is 1. The molecular formula is C21H11F3N3NaO6. The Balaban J connectivity index is 0.00000324. The summed E-state index contributed by atoms with van der Waals surface area (Å²) in [5.74, 6) is -2.42. The van der Waals surface area contributed by atoms with Crippen LogP contribution in [0.2, 0.25) is 0 Å². The van der Waals surface area contributed by atoms with Gasteiger partial charge in [-0.25, -0.2) is 0 Å². The monoisotopic (exact) mass is 481 g/mol. The molecule has 1 amide bonds. The maximum Gasteiger partial charge on any atom is 1.00 e. The second kappa shape index (κ2) is 10.1. The van der Waals surface area contributed by atoms with Crippen molar-refractivity contribution < 1.29 is 71.3 Å². The fraction of sp³-hybridized carbons (Fsp3) is 0.0476. The van der Waals surface area contributed by atoms with Crippen molar-refractivity contribution in [1.82, 2.24) is 9.97 Å². The molecule has 0 saturated heterocycles. The average Bonchev–Trinajstić information content (AvgIpc) is 3.14. The van der Waals surface area contributed by atoms with Gasteiger partial charge in [0.25, 0.3) is 5.91 Å². The van der Waals surface area contributed by atoms with Crippen molar-refractivity contribution in [3.05, 3.63) is 72.1 Å². The maximum absolute atomic E-state index is 12.5. The molecule has 0 aliphatic heterocycles. The number of carbonyl (C=O) groups excluding carboxylic acids is 2. The molecule has 0 bridgehead atoms. The van der Waals surface area contributed by atoms with E-state index in [0.29, 0.717) is 0 Å². The predicted molar refractivity (Wildman–Crippen MR) is 104 cm³/mol. The molecule has 2 aromatic heterocycles. The molecule has 0 spiro atoms. The summed E-state index contributed by atoms with van der Waals surface area (Å²) < 4.78 is 51.8. The number of alkyl halides is 3. The van der Waals surface area contributed by atoms with Crippen LogP contribution in [0.3, 0.4) is 0 Å². The number of nitrogens with zero attached hydrogens (tertiary/aromatic N) is 2. The van der Waals surface area contributed by atoms with E-state index in [1.807, 2.05) is 0 Å². The first-order valence-electron chi connectivity index (χ1n) is 9.09. The van der Waals surface area contributed by atoms with Crippen LogP contribution in [0.4, 0.5) is 19.2 Å². The Morgan fingerprint density at radius 3 is 2.47 bits per heavy atom. The molecule has 4 aromatic rings. The molecule has 0 saturated carbocycles. The van der Waals surface area contributed by atoms with Crippen LogP contribution in [0, 0.1) is 0 Å². The van der Waals surface area contributed by atoms with Gasteiger partial charge in [0.05, 0.1) is 5.97 Å². The quantitative estimate of drug-likeness (QED) is 0.396. The predicted octanol–water partition coefficient (Wildman–Crippen LogP) is 0.533. The minimum absolute atomic E-state index is 0. The van der Waals surface area contributed by atoms with Crippen LogP contribution in [-0.4, -0.2) is 28.2 Å². The Kier molecular flexibility index (Phi) is 7.44. The topological polar surface area (TPSA) is 127 Å². The minimum Gasteiger partial charge on any atom is -0.545 e. The molecule has 2 aromatic carbocycles. The Hall–Kier alpha value is -3.61. The first-order chi connectivity index (χ1) is 15.7. The molecule has 0 fully saturated rings. The van der Waals surface area contributed by atoms with Crippen LogP contribution >= 0.6 is 0 Å². The van der Waals surface area contributed by atoms with Crippen molar-refractivity contribution in [3.63, 3.8) is 0 Å². The van der Waals surface area contributed by atoms with Gasteiger partial charge in [-0.15, -0.1) is 13.2 Å². The van der Waals surface area contributed by atoms with E-state index in [0.717, 1.165) is 12.1 Å². The fourth-order valence-corrected chi connectivity index (χ4v) is 2.74. The zero-order valence-electron chi connectivity index (χ0n) is 17.3. The molecule has 4 rings (SSSR count). The summed E-state index contributed by atoms with van der Waals surface area (Å²) in [5, 5.41) is 13.3. The van der Waals surface area contributed by atoms with E-state index in [2.05, 4.69) is 20.0 Å². The largest absolute Gasteiger partial charge is 1.00 e. The number of benzene rings is 2. The van der Waals surface area contributed by atoms with E-state index in [-0.39, 0.29) is 69.4 Å². The number of ether oxygens (including phenoxy) is 2. The summed E-state index contributed by atoms with van der Waals surface area (Å²) >= 11 is 0. The number of aromatic carboxylic acids is 1. The van der Waals surface area contributed by atoms with Gasteiger partial charge >= 0.3 is 41.9 Å². The smallest absolute Gasteiger partial charge is 0.545 e.